The molecule has 1 saturated heterocycles. The number of anilines is 1. The number of aromatic nitrogens is 1. The van der Waals surface area contributed by atoms with Gasteiger partial charge in [-0.2, -0.15) is 0 Å². The van der Waals surface area contributed by atoms with E-state index in [0.717, 1.165) is 49.8 Å². The number of fused-ring (bicyclic) bond motifs is 1. The molecule has 0 radical (unpaired) electrons. The highest BCUT2D eigenvalue weighted by Gasteiger charge is 2.25. The van der Waals surface area contributed by atoms with E-state index < -0.39 is 6.09 Å². The van der Waals surface area contributed by atoms with Crippen molar-refractivity contribution >= 4 is 28.5 Å². The maximum Gasteiger partial charge on any atom is 0.411 e. The van der Waals surface area contributed by atoms with Crippen LogP contribution in [0.25, 0.3) is 10.9 Å². The summed E-state index contributed by atoms with van der Waals surface area (Å²) in [5.41, 5.74) is 2.06. The Balaban J connectivity index is 1.16. The van der Waals surface area contributed by atoms with Gasteiger partial charge in [-0.3, -0.25) is 15.1 Å². The zero-order valence-corrected chi connectivity index (χ0v) is 17.8. The van der Waals surface area contributed by atoms with Crippen molar-refractivity contribution in [1.82, 2.24) is 9.88 Å². The predicted octanol–water partition coefficient (Wildman–Crippen LogP) is 4.91. The topological polar surface area (TPSA) is 71.5 Å². The molecule has 1 aromatic heterocycles. The minimum atomic E-state index is -0.482. The molecule has 7 heteroatoms. The van der Waals surface area contributed by atoms with Crippen LogP contribution in [0.1, 0.15) is 29.6 Å². The first-order chi connectivity index (χ1) is 15.6. The van der Waals surface area contributed by atoms with E-state index in [9.17, 15) is 14.0 Å². The molecule has 0 unspecified atom stereocenters. The summed E-state index contributed by atoms with van der Waals surface area (Å²) in [5.74, 6) is -0.261. The molecule has 2 heterocycles. The van der Waals surface area contributed by atoms with Crippen molar-refractivity contribution in [1.29, 1.82) is 0 Å². The first kappa shape index (κ1) is 21.9. The molecule has 0 aliphatic carbocycles. The van der Waals surface area contributed by atoms with Crippen LogP contribution in [-0.2, 0) is 4.74 Å². The van der Waals surface area contributed by atoms with E-state index in [4.69, 9.17) is 4.74 Å². The quantitative estimate of drug-likeness (QED) is 0.422. The lowest BCUT2D eigenvalue weighted by molar-refractivity contribution is 0.0830. The third-order valence-electron chi connectivity index (χ3n) is 5.82. The van der Waals surface area contributed by atoms with Gasteiger partial charge in [0.2, 0.25) is 0 Å². The summed E-state index contributed by atoms with van der Waals surface area (Å²) in [4.78, 5) is 31.3. The molecule has 166 valence electrons. The predicted molar refractivity (Wildman–Crippen MR) is 121 cm³/mol. The number of amides is 1. The molecule has 32 heavy (non-hydrogen) atoms. The van der Waals surface area contributed by atoms with Crippen LogP contribution < -0.4 is 5.32 Å². The van der Waals surface area contributed by atoms with Crippen LogP contribution in [0.4, 0.5) is 14.9 Å². The van der Waals surface area contributed by atoms with Crippen molar-refractivity contribution in [2.75, 3.05) is 31.6 Å². The molecule has 1 amide bonds. The van der Waals surface area contributed by atoms with Gasteiger partial charge in [-0.25, -0.2) is 9.18 Å². The van der Waals surface area contributed by atoms with E-state index in [2.05, 4.69) is 15.2 Å². The molecular weight excluding hydrogens is 409 g/mol. The second kappa shape index (κ2) is 10.3. The van der Waals surface area contributed by atoms with Gasteiger partial charge in [0.15, 0.2) is 5.78 Å². The smallest absolute Gasteiger partial charge is 0.411 e. The first-order valence-corrected chi connectivity index (χ1v) is 10.9. The maximum absolute atomic E-state index is 13.1. The largest absolute Gasteiger partial charge is 0.449 e. The van der Waals surface area contributed by atoms with Gasteiger partial charge < -0.3 is 9.64 Å². The van der Waals surface area contributed by atoms with Crippen LogP contribution in [0, 0.1) is 11.7 Å². The second-order valence-electron chi connectivity index (χ2n) is 7.98. The number of carbonyl (C=O) groups excluding carboxylic acids is 2. The highest BCUT2D eigenvalue weighted by Crippen LogP contribution is 2.23. The molecule has 3 aromatic rings. The zero-order chi connectivity index (χ0) is 22.3. The van der Waals surface area contributed by atoms with Crippen molar-refractivity contribution in [3.05, 3.63) is 72.2 Å². The first-order valence-electron chi connectivity index (χ1n) is 10.9. The SMILES string of the molecule is O=C(Nc1cccc2ncccc12)OCCCN1CCC(C(=O)c2ccc(F)cc2)CC1. The lowest BCUT2D eigenvalue weighted by Crippen LogP contribution is -2.37. The number of likely N-dealkylation sites (tertiary alicyclic amines) is 1. The van der Waals surface area contributed by atoms with E-state index in [1.165, 1.54) is 12.1 Å². The number of nitrogens with zero attached hydrogens (tertiary/aromatic N) is 2. The molecule has 0 atom stereocenters. The number of benzene rings is 2. The van der Waals surface area contributed by atoms with Crippen LogP contribution in [0.5, 0.6) is 0 Å². The molecule has 2 aromatic carbocycles. The minimum Gasteiger partial charge on any atom is -0.449 e. The Morgan fingerprint density at radius 1 is 1.06 bits per heavy atom. The summed E-state index contributed by atoms with van der Waals surface area (Å²) in [6.45, 7) is 2.78. The average molecular weight is 435 g/mol. The van der Waals surface area contributed by atoms with Gasteiger partial charge in [0, 0.05) is 29.6 Å². The van der Waals surface area contributed by atoms with Crippen molar-refractivity contribution in [3.8, 4) is 0 Å². The fourth-order valence-corrected chi connectivity index (χ4v) is 4.08. The standard InChI is InChI=1S/C25H26FN3O3/c26-20-9-7-18(8-10-20)24(30)19-11-15-29(16-12-19)14-3-17-32-25(31)28-23-6-1-5-22-21(23)4-2-13-27-22/h1-2,4-10,13,19H,3,11-12,14-17H2,(H,28,31). The molecule has 0 saturated carbocycles. The van der Waals surface area contributed by atoms with Gasteiger partial charge in [0.05, 0.1) is 17.8 Å². The summed E-state index contributed by atoms with van der Waals surface area (Å²) >= 11 is 0. The fourth-order valence-electron chi connectivity index (χ4n) is 4.08. The number of hydrogen-bond donors (Lipinski definition) is 1. The lowest BCUT2D eigenvalue weighted by atomic mass is 9.89. The van der Waals surface area contributed by atoms with Crippen molar-refractivity contribution in [2.45, 2.75) is 19.3 Å². The molecular formula is C25H26FN3O3. The van der Waals surface area contributed by atoms with Crippen LogP contribution in [0.15, 0.2) is 60.8 Å². The Bertz CT molecular complexity index is 1070. The fraction of sp³-hybridized carbons (Fsp3) is 0.320. The van der Waals surface area contributed by atoms with Gasteiger partial charge in [-0.1, -0.05) is 6.07 Å². The van der Waals surface area contributed by atoms with Gasteiger partial charge >= 0.3 is 6.09 Å². The molecule has 1 aliphatic rings. The lowest BCUT2D eigenvalue weighted by Gasteiger charge is -2.31. The Kier molecular flexibility index (Phi) is 7.07. The summed E-state index contributed by atoms with van der Waals surface area (Å²) in [5, 5.41) is 3.65. The normalized spacial score (nSPS) is 14.9. The number of carbonyl (C=O) groups is 2. The maximum atomic E-state index is 13.1. The number of ketones is 1. The van der Waals surface area contributed by atoms with Crippen LogP contribution >= 0.6 is 0 Å². The monoisotopic (exact) mass is 435 g/mol. The Morgan fingerprint density at radius 3 is 2.62 bits per heavy atom. The molecule has 6 nitrogen and oxygen atoms in total. The van der Waals surface area contributed by atoms with Crippen LogP contribution in [-0.4, -0.2) is 48.0 Å². The molecule has 1 fully saturated rings. The number of piperidine rings is 1. The van der Waals surface area contributed by atoms with E-state index in [-0.39, 0.29) is 17.5 Å². The number of pyridine rings is 1. The number of halogens is 1. The number of nitrogens with one attached hydrogen (secondary N) is 1. The number of Topliss-reactive ketones (excluding diaryl/α,β-unsaturated/α-hetero) is 1. The summed E-state index contributed by atoms with van der Waals surface area (Å²) in [6, 6.07) is 15.1. The van der Waals surface area contributed by atoms with E-state index in [1.807, 2.05) is 30.3 Å². The zero-order valence-electron chi connectivity index (χ0n) is 17.8. The minimum absolute atomic E-state index is 0.0195. The van der Waals surface area contributed by atoms with Crippen LogP contribution in [0.2, 0.25) is 0 Å². The third-order valence-corrected chi connectivity index (χ3v) is 5.82. The molecule has 0 bridgehead atoms. The van der Waals surface area contributed by atoms with Gasteiger partial charge in [-0.05, 0) is 80.9 Å². The van der Waals surface area contributed by atoms with Crippen molar-refractivity contribution in [2.24, 2.45) is 5.92 Å². The third kappa shape index (κ3) is 5.48. The Labute approximate surface area is 186 Å². The van der Waals surface area contributed by atoms with E-state index >= 15 is 0 Å². The van der Waals surface area contributed by atoms with Crippen molar-refractivity contribution < 1.29 is 18.7 Å². The molecule has 1 N–H and O–H groups in total. The van der Waals surface area contributed by atoms with Gasteiger partial charge in [0.1, 0.15) is 5.82 Å². The number of rotatable bonds is 7. The number of ether oxygens (including phenoxy) is 1. The van der Waals surface area contributed by atoms with E-state index in [1.54, 1.807) is 18.3 Å². The Hall–Kier alpha value is -3.32. The Morgan fingerprint density at radius 2 is 1.84 bits per heavy atom. The molecule has 4 rings (SSSR count). The highest BCUT2D eigenvalue weighted by molar-refractivity contribution is 5.98. The average Bonchev–Trinajstić information content (AvgIpc) is 2.82. The van der Waals surface area contributed by atoms with Crippen LogP contribution in [0.3, 0.4) is 0 Å². The second-order valence-corrected chi connectivity index (χ2v) is 7.98. The highest BCUT2D eigenvalue weighted by atomic mass is 19.1. The molecule has 1 aliphatic heterocycles. The molecule has 0 spiro atoms. The van der Waals surface area contributed by atoms with Gasteiger partial charge in [0.25, 0.3) is 0 Å². The van der Waals surface area contributed by atoms with Crippen molar-refractivity contribution in [3.63, 3.8) is 0 Å². The summed E-state index contributed by atoms with van der Waals surface area (Å²) in [7, 11) is 0. The van der Waals surface area contributed by atoms with E-state index in [0.29, 0.717) is 17.9 Å². The van der Waals surface area contributed by atoms with Gasteiger partial charge in [-0.15, -0.1) is 0 Å². The summed E-state index contributed by atoms with van der Waals surface area (Å²) in [6.07, 6.45) is 3.52. The number of hydrogen-bond acceptors (Lipinski definition) is 5. The summed E-state index contributed by atoms with van der Waals surface area (Å²) < 4.78 is 18.4.